The van der Waals surface area contributed by atoms with Crippen molar-refractivity contribution in [2.75, 3.05) is 6.61 Å². The summed E-state index contributed by atoms with van der Waals surface area (Å²) in [6.45, 7) is 17.6. The van der Waals surface area contributed by atoms with E-state index in [1.54, 1.807) is 0 Å². The van der Waals surface area contributed by atoms with Gasteiger partial charge < -0.3 is 86.0 Å². The molecule has 11 unspecified atom stereocenters. The molecule has 17 saturated heterocycles. The van der Waals surface area contributed by atoms with Crippen molar-refractivity contribution in [1.29, 1.82) is 0 Å². The molecule has 17 rings (SSSR count). The molecule has 17 fully saturated rings. The summed E-state index contributed by atoms with van der Waals surface area (Å²) in [6.07, 6.45) is 4.03. The minimum atomic E-state index is -0.941. The summed E-state index contributed by atoms with van der Waals surface area (Å²) in [5.41, 5.74) is 2.16. The predicted octanol–water partition coefficient (Wildman–Crippen LogP) is 5.33. The zero-order valence-corrected chi connectivity index (χ0v) is 47.0. The number of hydrogen-bond donors (Lipinski definition) is 2. The van der Waals surface area contributed by atoms with Crippen molar-refractivity contribution in [1.82, 2.24) is 0 Å². The van der Waals surface area contributed by atoms with Crippen molar-refractivity contribution >= 4 is 5.97 Å². The van der Waals surface area contributed by atoms with Gasteiger partial charge in [-0.15, -0.1) is 0 Å². The summed E-state index contributed by atoms with van der Waals surface area (Å²) in [6, 6.07) is 0. The van der Waals surface area contributed by atoms with Gasteiger partial charge in [0.1, 0.15) is 42.7 Å². The molecule has 17 aliphatic heterocycles. The Morgan fingerprint density at radius 2 is 1.12 bits per heavy atom. The molecule has 0 radical (unpaired) electrons. The smallest absolute Gasteiger partial charge is 0.308 e. The maximum atomic E-state index is 14.6. The molecule has 19 heteroatoms. The number of esters is 1. The Balaban J connectivity index is 0.628. The lowest BCUT2D eigenvalue weighted by Gasteiger charge is -2.54. The van der Waals surface area contributed by atoms with Gasteiger partial charge in [0.15, 0.2) is 17.4 Å². The van der Waals surface area contributed by atoms with Crippen LogP contribution in [-0.4, -0.2) is 199 Å². The van der Waals surface area contributed by atoms with Crippen LogP contribution in [-0.2, 0) is 80.6 Å². The Bertz CT molecular complexity index is 2410. The highest BCUT2D eigenvalue weighted by Gasteiger charge is 2.70. The third kappa shape index (κ3) is 8.99. The number of fused-ring (bicyclic) bond motifs is 11. The van der Waals surface area contributed by atoms with Gasteiger partial charge in [-0.05, 0) is 73.8 Å². The molecule has 12 bridgehead atoms. The van der Waals surface area contributed by atoms with Gasteiger partial charge in [0, 0.05) is 70.1 Å². The van der Waals surface area contributed by atoms with Gasteiger partial charge in [0.25, 0.3) is 0 Å². The molecule has 33 atom stereocenters. The molecule has 80 heavy (non-hydrogen) atoms. The van der Waals surface area contributed by atoms with Crippen LogP contribution in [0.5, 0.6) is 0 Å². The minimum absolute atomic E-state index is 0.0140. The van der Waals surface area contributed by atoms with E-state index >= 15 is 0 Å². The lowest BCUT2D eigenvalue weighted by atomic mass is 9.78. The average molecular weight is 1120 g/mol. The normalized spacial score (nSPS) is 58.9. The van der Waals surface area contributed by atoms with Gasteiger partial charge >= 0.3 is 5.97 Å². The molecule has 17 aliphatic rings. The summed E-state index contributed by atoms with van der Waals surface area (Å²) >= 11 is 0. The second-order valence-electron chi connectivity index (χ2n) is 28.1. The van der Waals surface area contributed by atoms with Crippen LogP contribution in [0.3, 0.4) is 0 Å². The molecular weight excluding hydrogens is 1040 g/mol. The molecule has 0 saturated carbocycles. The van der Waals surface area contributed by atoms with Crippen molar-refractivity contribution in [3.8, 4) is 0 Å². The Morgan fingerprint density at radius 1 is 0.475 bits per heavy atom. The lowest BCUT2D eigenvalue weighted by Crippen LogP contribution is -2.62. The van der Waals surface area contributed by atoms with Crippen LogP contribution in [0.4, 0.5) is 0 Å². The maximum absolute atomic E-state index is 14.6. The number of ether oxygens (including phenoxy) is 16. The number of aliphatic hydroxyl groups is 2. The van der Waals surface area contributed by atoms with Crippen molar-refractivity contribution in [2.45, 2.75) is 319 Å². The molecule has 0 aromatic carbocycles. The van der Waals surface area contributed by atoms with Gasteiger partial charge in [-0.3, -0.25) is 4.79 Å². The first kappa shape index (κ1) is 53.7. The molecule has 17 heterocycles. The summed E-state index contributed by atoms with van der Waals surface area (Å²) < 4.78 is 110. The highest BCUT2D eigenvalue weighted by Crippen LogP contribution is 2.58. The fourth-order valence-electron chi connectivity index (χ4n) is 18.8. The molecular formula is C61H86O19. The second kappa shape index (κ2) is 19.9. The van der Waals surface area contributed by atoms with E-state index in [1.807, 2.05) is 0 Å². The number of rotatable bonds is 2. The monoisotopic (exact) mass is 1120 g/mol. The van der Waals surface area contributed by atoms with E-state index in [-0.39, 0.29) is 159 Å². The summed E-state index contributed by atoms with van der Waals surface area (Å²) in [5.74, 6) is -2.60. The Kier molecular flexibility index (Phi) is 13.4. The van der Waals surface area contributed by atoms with E-state index in [0.29, 0.717) is 70.6 Å². The Morgan fingerprint density at radius 3 is 1.99 bits per heavy atom. The van der Waals surface area contributed by atoms with E-state index in [9.17, 15) is 15.0 Å². The first-order valence-corrected chi connectivity index (χ1v) is 31.4. The highest BCUT2D eigenvalue weighted by atomic mass is 16.8. The molecule has 19 nitrogen and oxygen atoms in total. The number of aliphatic hydroxyl groups excluding tert-OH is 2. The molecule has 2 N–H and O–H groups in total. The van der Waals surface area contributed by atoms with E-state index in [2.05, 4.69) is 40.9 Å². The van der Waals surface area contributed by atoms with Crippen molar-refractivity contribution in [3.63, 3.8) is 0 Å². The molecule has 3 spiro atoms. The van der Waals surface area contributed by atoms with E-state index in [4.69, 9.17) is 75.8 Å². The highest BCUT2D eigenvalue weighted by molar-refractivity contribution is 5.70. The lowest BCUT2D eigenvalue weighted by molar-refractivity contribution is -0.369. The first-order chi connectivity index (χ1) is 38.6. The Hall–Kier alpha value is -1.73. The second-order valence-corrected chi connectivity index (χ2v) is 28.1. The number of hydrogen-bond acceptors (Lipinski definition) is 19. The number of carbonyl (C=O) groups is 1. The third-order valence-corrected chi connectivity index (χ3v) is 22.6. The minimum Gasteiger partial charge on any atom is -0.459 e. The van der Waals surface area contributed by atoms with E-state index in [1.165, 1.54) is 0 Å². The van der Waals surface area contributed by atoms with Gasteiger partial charge in [-0.2, -0.15) is 0 Å². The van der Waals surface area contributed by atoms with Crippen molar-refractivity contribution in [3.05, 3.63) is 24.3 Å². The zero-order chi connectivity index (χ0) is 54.3. The summed E-state index contributed by atoms with van der Waals surface area (Å²) in [5, 5.41) is 20.0. The van der Waals surface area contributed by atoms with Crippen LogP contribution in [0.15, 0.2) is 24.3 Å². The topological polar surface area (TPSA) is 205 Å². The quantitative estimate of drug-likeness (QED) is 0.265. The van der Waals surface area contributed by atoms with E-state index in [0.717, 1.165) is 49.7 Å². The van der Waals surface area contributed by atoms with Gasteiger partial charge in [-0.1, -0.05) is 40.9 Å². The zero-order valence-electron chi connectivity index (χ0n) is 47.0. The largest absolute Gasteiger partial charge is 0.459 e. The summed E-state index contributed by atoms with van der Waals surface area (Å²) in [4.78, 5) is 14.6. The van der Waals surface area contributed by atoms with Crippen molar-refractivity contribution in [2.24, 2.45) is 23.7 Å². The van der Waals surface area contributed by atoms with Crippen LogP contribution in [0.2, 0.25) is 0 Å². The number of carbonyl (C=O) groups excluding carboxylic acids is 1. The van der Waals surface area contributed by atoms with Crippen molar-refractivity contribution < 1.29 is 90.8 Å². The fraction of sp³-hybridized carbons (Fsp3) is 0.918. The SMILES string of the molecule is C=C1CC2CC[C@@]34C[C@@H]5O[C@@H]6C(O[C@H]7CC[C@H](CC(=O)OC8[C@@H](C)C9OC%10C[C@]%11(C[C@@H]%12O[C@@]%13(C[C@@H](C)[C@@H]%12O%11)C[C@H](C)[C@@H]%11OC%12CC(C(O)CO)OC%12C[C@@H]%11O%13)OC%10CC9O[C@H]8C[C@H]8O[C@@H](CC[C@@H]1O2)C[C@@H](C)C8=C)O[C@@H]7[C@@H]6O3)[C@H]5O4. The Labute approximate surface area is 469 Å². The molecule has 0 aliphatic carbocycles. The fourth-order valence-corrected chi connectivity index (χ4v) is 18.8. The van der Waals surface area contributed by atoms with Crippen LogP contribution in [0.25, 0.3) is 0 Å². The van der Waals surface area contributed by atoms with Gasteiger partial charge in [0.2, 0.25) is 0 Å². The summed E-state index contributed by atoms with van der Waals surface area (Å²) in [7, 11) is 0. The van der Waals surface area contributed by atoms with Gasteiger partial charge in [-0.25, -0.2) is 0 Å². The molecule has 444 valence electrons. The third-order valence-electron chi connectivity index (χ3n) is 22.6. The van der Waals surface area contributed by atoms with Gasteiger partial charge in [0.05, 0.1) is 129 Å². The predicted molar refractivity (Wildman–Crippen MR) is 276 cm³/mol. The standard InChI is InChI=1S/C61H86O19/c1-26-13-32-7-9-36-27(2)14-34(65-36)11-12-59-23-47-55(79-59)56-57(73-47)58(80-59)54-37(70-56)10-8-33(67-54)15-49(64)74-53-31(6)52-44(69-43(53)16-38(66-32)30(26)5)19-42-46(72-52)22-61(75-42)24-48-51(78-61)29(4)21-60(77-48)20-28(3)50-45(76-60)18-40-41(71-50)17-39(68-40)35(63)25-62/h26,28-29,31-48,50-58,62-63H,2,5,7-25H2,1,3-4,6H3/t26-,28+,29-,31+,32+,33-,34?,35?,36+,37+,38-,39?,40?,41?,42?,43+,44?,45+,46?,47+,48+,50+,51+,52?,53?,54+,55+,56?,57-,58+,59+,60-,61+/m1/s1. The van der Waals surface area contributed by atoms with Crippen LogP contribution >= 0.6 is 0 Å². The maximum Gasteiger partial charge on any atom is 0.308 e. The van der Waals surface area contributed by atoms with Crippen LogP contribution < -0.4 is 0 Å². The van der Waals surface area contributed by atoms with Crippen LogP contribution in [0.1, 0.15) is 143 Å². The average Bonchev–Trinajstić information content (AvgIpc) is 4.37. The van der Waals surface area contributed by atoms with E-state index < -0.39 is 60.1 Å². The molecule has 0 aromatic heterocycles. The van der Waals surface area contributed by atoms with Crippen LogP contribution in [0, 0.1) is 23.7 Å². The first-order valence-electron chi connectivity index (χ1n) is 31.4. The molecule has 0 aromatic rings. The molecule has 0 amide bonds.